The van der Waals surface area contributed by atoms with E-state index in [1.807, 2.05) is 49.1 Å². The van der Waals surface area contributed by atoms with Gasteiger partial charge in [-0.15, -0.1) is 0 Å². The molecule has 1 aliphatic heterocycles. The van der Waals surface area contributed by atoms with Gasteiger partial charge in [-0.2, -0.15) is 4.98 Å². The molecule has 8 nitrogen and oxygen atoms in total. The first kappa shape index (κ1) is 20.3. The number of benzene rings is 1. The van der Waals surface area contributed by atoms with Crippen molar-refractivity contribution in [2.24, 2.45) is 7.05 Å². The van der Waals surface area contributed by atoms with Crippen molar-refractivity contribution in [3.8, 4) is 6.01 Å². The Morgan fingerprint density at radius 1 is 1.30 bits per heavy atom. The molecule has 1 fully saturated rings. The molecule has 1 saturated heterocycles. The lowest BCUT2D eigenvalue weighted by Gasteiger charge is -2.23. The van der Waals surface area contributed by atoms with Crippen LogP contribution in [0.2, 0.25) is 0 Å². The number of carbonyl (C=O) groups is 1. The van der Waals surface area contributed by atoms with Crippen molar-refractivity contribution in [1.29, 1.82) is 0 Å². The molecule has 1 atom stereocenters. The Morgan fingerprint density at radius 2 is 2.07 bits per heavy atom. The summed E-state index contributed by atoms with van der Waals surface area (Å²) < 4.78 is 7.03. The van der Waals surface area contributed by atoms with Crippen molar-refractivity contribution < 1.29 is 9.53 Å². The Kier molecular flexibility index (Phi) is 5.72. The number of aromatic nitrogens is 3. The molecule has 0 bridgehead atoms. The minimum absolute atomic E-state index is 0.0275. The molecule has 0 aliphatic carbocycles. The van der Waals surface area contributed by atoms with E-state index in [9.17, 15) is 9.59 Å². The van der Waals surface area contributed by atoms with Gasteiger partial charge >= 0.3 is 6.01 Å². The Labute approximate surface area is 178 Å². The van der Waals surface area contributed by atoms with Crippen molar-refractivity contribution >= 4 is 32.7 Å². The second-order valence-electron chi connectivity index (χ2n) is 7.63. The van der Waals surface area contributed by atoms with Gasteiger partial charge < -0.3 is 15.0 Å². The quantitative estimate of drug-likeness (QED) is 0.650. The average Bonchev–Trinajstić information content (AvgIpc) is 3.37. The predicted molar refractivity (Wildman–Crippen MR) is 117 cm³/mol. The molecular weight excluding hydrogens is 402 g/mol. The van der Waals surface area contributed by atoms with Gasteiger partial charge in [-0.05, 0) is 32.3 Å². The number of ether oxygens (including phenoxy) is 1. The van der Waals surface area contributed by atoms with Gasteiger partial charge in [0.2, 0.25) is 5.91 Å². The molecule has 30 heavy (non-hydrogen) atoms. The highest BCUT2D eigenvalue weighted by Crippen LogP contribution is 2.32. The summed E-state index contributed by atoms with van der Waals surface area (Å²) in [5.41, 5.74) is 1.12. The molecule has 1 N–H and O–H groups in total. The van der Waals surface area contributed by atoms with Gasteiger partial charge in [0.05, 0.1) is 6.10 Å². The lowest BCUT2D eigenvalue weighted by atomic mass is 10.2. The zero-order chi connectivity index (χ0) is 21.3. The van der Waals surface area contributed by atoms with Crippen LogP contribution in [0.15, 0.2) is 35.1 Å². The maximum atomic E-state index is 12.8. The molecule has 9 heteroatoms. The third kappa shape index (κ3) is 4.02. The SMILES string of the molecule is CC(C)Oc1nc2sc(N3CCCC3C(=O)NCc3ccccc3)nc2c(=O)n1C. The van der Waals surface area contributed by atoms with E-state index in [1.165, 1.54) is 15.9 Å². The zero-order valence-corrected chi connectivity index (χ0v) is 18.1. The van der Waals surface area contributed by atoms with Gasteiger partial charge in [-0.1, -0.05) is 41.7 Å². The fraction of sp³-hybridized carbons (Fsp3) is 0.429. The number of carbonyl (C=O) groups excluding carboxylic acids is 1. The average molecular weight is 428 g/mol. The van der Waals surface area contributed by atoms with Crippen LogP contribution in [0.3, 0.4) is 0 Å². The fourth-order valence-corrected chi connectivity index (χ4v) is 4.53. The predicted octanol–water partition coefficient (Wildman–Crippen LogP) is 2.46. The van der Waals surface area contributed by atoms with E-state index in [0.717, 1.165) is 24.9 Å². The van der Waals surface area contributed by atoms with E-state index in [4.69, 9.17) is 4.74 Å². The Morgan fingerprint density at radius 3 is 2.80 bits per heavy atom. The number of hydrogen-bond acceptors (Lipinski definition) is 7. The molecule has 1 aromatic carbocycles. The third-order valence-corrected chi connectivity index (χ3v) is 6.03. The minimum Gasteiger partial charge on any atom is -0.462 e. The second kappa shape index (κ2) is 8.43. The fourth-order valence-electron chi connectivity index (χ4n) is 3.53. The van der Waals surface area contributed by atoms with Crippen molar-refractivity contribution in [3.63, 3.8) is 0 Å². The molecule has 1 amide bonds. The molecule has 158 valence electrons. The van der Waals surface area contributed by atoms with Crippen molar-refractivity contribution in [3.05, 3.63) is 46.2 Å². The topological polar surface area (TPSA) is 89.3 Å². The van der Waals surface area contributed by atoms with Gasteiger partial charge in [0.1, 0.15) is 6.04 Å². The molecule has 1 unspecified atom stereocenters. The van der Waals surface area contributed by atoms with Gasteiger partial charge in [0, 0.05) is 20.1 Å². The number of thiazole rings is 1. The van der Waals surface area contributed by atoms with E-state index < -0.39 is 0 Å². The number of anilines is 1. The van der Waals surface area contributed by atoms with Crippen LogP contribution in [0, 0.1) is 0 Å². The summed E-state index contributed by atoms with van der Waals surface area (Å²) in [4.78, 5) is 37.1. The van der Waals surface area contributed by atoms with Gasteiger partial charge in [-0.25, -0.2) is 4.98 Å². The molecule has 4 rings (SSSR count). The molecule has 0 spiro atoms. The van der Waals surface area contributed by atoms with E-state index >= 15 is 0 Å². The van der Waals surface area contributed by atoms with E-state index in [2.05, 4.69) is 15.3 Å². The second-order valence-corrected chi connectivity index (χ2v) is 8.59. The van der Waals surface area contributed by atoms with Crippen LogP contribution in [-0.2, 0) is 18.4 Å². The lowest BCUT2D eigenvalue weighted by molar-refractivity contribution is -0.122. The van der Waals surface area contributed by atoms with Crippen LogP contribution in [0.1, 0.15) is 32.3 Å². The molecule has 3 aromatic rings. The van der Waals surface area contributed by atoms with Crippen LogP contribution in [0.5, 0.6) is 6.01 Å². The smallest absolute Gasteiger partial charge is 0.300 e. The number of rotatable bonds is 6. The Balaban J connectivity index is 1.57. The van der Waals surface area contributed by atoms with E-state index in [0.29, 0.717) is 22.0 Å². The number of fused-ring (bicyclic) bond motifs is 1. The molecule has 0 saturated carbocycles. The summed E-state index contributed by atoms with van der Waals surface area (Å²) >= 11 is 1.32. The number of nitrogens with one attached hydrogen (secondary N) is 1. The minimum atomic E-state index is -0.301. The van der Waals surface area contributed by atoms with Crippen LogP contribution >= 0.6 is 11.3 Å². The first-order chi connectivity index (χ1) is 14.4. The summed E-state index contributed by atoms with van der Waals surface area (Å²) in [6, 6.07) is 9.80. The van der Waals surface area contributed by atoms with Crippen molar-refractivity contribution in [2.45, 2.75) is 45.4 Å². The molecule has 1 aliphatic rings. The van der Waals surface area contributed by atoms with Crippen LogP contribution in [0.25, 0.3) is 10.3 Å². The molecular formula is C21H25N5O3S. The van der Waals surface area contributed by atoms with E-state index in [1.54, 1.807) is 7.05 Å². The van der Waals surface area contributed by atoms with Crippen molar-refractivity contribution in [2.75, 3.05) is 11.4 Å². The largest absolute Gasteiger partial charge is 0.462 e. The highest BCUT2D eigenvalue weighted by Gasteiger charge is 2.33. The summed E-state index contributed by atoms with van der Waals surface area (Å²) in [5.74, 6) is -0.0275. The van der Waals surface area contributed by atoms with Gasteiger partial charge in [0.25, 0.3) is 5.56 Å². The first-order valence-corrected chi connectivity index (χ1v) is 10.9. The summed E-state index contributed by atoms with van der Waals surface area (Å²) in [6.07, 6.45) is 1.56. The Hall–Kier alpha value is -2.94. The maximum absolute atomic E-state index is 12.8. The number of amides is 1. The highest BCUT2D eigenvalue weighted by molar-refractivity contribution is 7.21. The van der Waals surface area contributed by atoms with E-state index in [-0.39, 0.29) is 29.6 Å². The Bertz CT molecular complexity index is 1110. The summed E-state index contributed by atoms with van der Waals surface area (Å²) in [5, 5.41) is 3.67. The molecule has 2 aromatic heterocycles. The summed E-state index contributed by atoms with van der Waals surface area (Å²) in [7, 11) is 1.63. The van der Waals surface area contributed by atoms with Gasteiger partial charge in [-0.3, -0.25) is 14.2 Å². The molecule has 3 heterocycles. The van der Waals surface area contributed by atoms with Crippen molar-refractivity contribution in [1.82, 2.24) is 19.9 Å². The molecule has 0 radical (unpaired) electrons. The summed E-state index contributed by atoms with van der Waals surface area (Å²) in [6.45, 7) is 4.98. The highest BCUT2D eigenvalue weighted by atomic mass is 32.1. The normalized spacial score (nSPS) is 16.4. The number of hydrogen-bond donors (Lipinski definition) is 1. The maximum Gasteiger partial charge on any atom is 0.300 e. The number of nitrogens with zero attached hydrogens (tertiary/aromatic N) is 4. The first-order valence-electron chi connectivity index (χ1n) is 10.1. The van der Waals surface area contributed by atoms with Crippen LogP contribution < -0.4 is 20.5 Å². The zero-order valence-electron chi connectivity index (χ0n) is 17.3. The van der Waals surface area contributed by atoms with Crippen LogP contribution in [0.4, 0.5) is 5.13 Å². The third-order valence-electron chi connectivity index (χ3n) is 5.04. The monoisotopic (exact) mass is 427 g/mol. The van der Waals surface area contributed by atoms with Gasteiger partial charge in [0.15, 0.2) is 15.5 Å². The van der Waals surface area contributed by atoms with Crippen LogP contribution in [-0.4, -0.2) is 39.1 Å². The lowest BCUT2D eigenvalue weighted by Crippen LogP contribution is -2.43. The standard InChI is InChI=1S/C21H25N5O3S/c1-13(2)29-20-24-18-16(19(28)25(20)3)23-21(30-18)26-11-7-10-15(26)17(27)22-12-14-8-5-4-6-9-14/h4-6,8-9,13,15H,7,10-12H2,1-3H3,(H,22,27).